The molecule has 14 heteroatoms. The number of fused-ring (bicyclic) bond motifs is 6. The standard InChI is InChI=1S/C67H36B4N4O6/c1-5-19-36(20-6-1)72-42-29-15-13-27-40(42)50-61-57-54-46(78-68(61)72)31-17-33-48(54)80-70-63(57)59-52-44(74(70)38-23-9-3-10-24-38)35-45-53-56(52)67(76-65(50)59)77-66-51-41-28-14-16-30-43(41)73(37-21-7-2-8-22-37)69-62(51)58-55-47(79-69)32-18-34-49(55)81-71(64(58)60(53)66)75(45)39-25-11-4-12-26-39/h1-35,67H/i1D,2D,3D,4D,5D,6D,7D,8D,9D,10D,11D,12D,13D,14D,15D,16D,17D,18D,19D,20D,21D,22D,23D,24D,25D,26D,27D,28D,29D,30D,31D,32D,33D,34D,35D. The van der Waals surface area contributed by atoms with Crippen molar-refractivity contribution in [1.82, 2.24) is 0 Å². The smallest absolute Gasteiger partial charge is 0.525 e. The van der Waals surface area contributed by atoms with Crippen molar-refractivity contribution < 1.29 is 76.1 Å². The molecule has 0 radical (unpaired) electrons. The Morgan fingerprint density at radius 3 is 0.988 bits per heavy atom. The first kappa shape index (κ1) is 21.7. The molecule has 0 N–H and O–H groups in total. The Balaban J connectivity index is 1.02. The number of rotatable bonds is 4. The van der Waals surface area contributed by atoms with Gasteiger partial charge in [0, 0.05) is 112 Å². The number of ether oxygens (including phenoxy) is 2. The Labute approximate surface area is 515 Å². The molecule has 0 aliphatic carbocycles. The third-order valence-electron chi connectivity index (χ3n) is 16.2. The van der Waals surface area contributed by atoms with E-state index in [4.69, 9.17) is 39.1 Å². The quantitative estimate of drug-likeness (QED) is 0.159. The topological polar surface area (TPSA) is 68.3 Å². The lowest BCUT2D eigenvalue weighted by molar-refractivity contribution is 0.00109. The van der Waals surface area contributed by atoms with Gasteiger partial charge < -0.3 is 47.3 Å². The molecule has 0 unspecified atom stereocenters. The number of para-hydroxylation sites is 6. The summed E-state index contributed by atoms with van der Waals surface area (Å²) in [4.78, 5) is 3.64. The monoisotopic (exact) mass is 1070 g/mol. The van der Waals surface area contributed by atoms with Crippen LogP contribution in [0.1, 0.15) is 59.8 Å². The van der Waals surface area contributed by atoms with Crippen molar-refractivity contribution in [3.63, 3.8) is 0 Å². The molecule has 0 amide bonds. The van der Waals surface area contributed by atoms with Crippen LogP contribution in [0, 0.1) is 0 Å². The summed E-state index contributed by atoms with van der Waals surface area (Å²) in [5.74, 6) is -3.70. The largest absolute Gasteiger partial charge is 0.537 e. The van der Waals surface area contributed by atoms with E-state index in [1.165, 1.54) is 0 Å². The first-order chi connectivity index (χ1) is 54.8. The summed E-state index contributed by atoms with van der Waals surface area (Å²) in [5, 5.41) is 0. The zero-order valence-electron chi connectivity index (χ0n) is 75.1. The van der Waals surface area contributed by atoms with E-state index >= 15 is 0 Å². The van der Waals surface area contributed by atoms with Gasteiger partial charge in [-0.25, -0.2) is 0 Å². The second-order valence-corrected chi connectivity index (χ2v) is 19.6. The molecule has 372 valence electrons. The predicted octanol–water partition coefficient (Wildman–Crippen LogP) is 12.4. The average Bonchev–Trinajstić information content (AvgIpc) is 0.641. The van der Waals surface area contributed by atoms with Crippen molar-refractivity contribution in [2.45, 2.75) is 6.29 Å². The van der Waals surface area contributed by atoms with Crippen LogP contribution >= 0.6 is 0 Å². The fourth-order valence-electron chi connectivity index (χ4n) is 13.5. The van der Waals surface area contributed by atoms with Crippen molar-refractivity contribution in [2.24, 2.45) is 0 Å². The molecule has 0 spiro atoms. The molecule has 11 aromatic rings. The molecule has 0 saturated heterocycles. The molecule has 10 aliphatic heterocycles. The van der Waals surface area contributed by atoms with Gasteiger partial charge in [0.1, 0.15) is 34.5 Å². The SMILES string of the molecule is [2H]c1c([2H])c([2H])c(N2B3Oc4c([2H])c([2H])c([2H])c5c4-c4c3c(c3c6c4B(O5)N(c4c([2H])c([2H])c([2H])c([2H])c4[2H])c4c([2H])c5c7c(c4-6)C(O3)Oc3c4c6c8c(c3-7)B(Oc3c([2H])c([2H])c([2H])c(c3-8)OB6N(c3c([2H])c([2H])c([2H])c([2H])c3[2H])c3c([2H])c([2H])c([2H])c([2H])c3-4)N5c3c([2H])c([2H])c([2H])c([2H])c3[2H])-c3c([2H])c([2H])c([2H])c([2H])c32)c([2H])c1[2H]. The Morgan fingerprint density at radius 1 is 0.296 bits per heavy atom. The molecule has 0 atom stereocenters. The van der Waals surface area contributed by atoms with Gasteiger partial charge in [-0.3, -0.25) is 0 Å². The van der Waals surface area contributed by atoms with Gasteiger partial charge in [-0.05, 0) is 102 Å². The molecule has 0 bridgehead atoms. The number of anilines is 8. The van der Waals surface area contributed by atoms with Gasteiger partial charge in [-0.2, -0.15) is 0 Å². The maximum Gasteiger partial charge on any atom is 0.525 e. The van der Waals surface area contributed by atoms with E-state index in [0.717, 1.165) is 19.2 Å². The van der Waals surface area contributed by atoms with Crippen LogP contribution in [0.15, 0.2) is 211 Å². The number of hydrogen-bond acceptors (Lipinski definition) is 10. The van der Waals surface area contributed by atoms with Gasteiger partial charge in [-0.15, -0.1) is 0 Å². The van der Waals surface area contributed by atoms with Crippen LogP contribution in [0.25, 0.3) is 66.8 Å². The summed E-state index contributed by atoms with van der Waals surface area (Å²) >= 11 is 0. The summed E-state index contributed by atoms with van der Waals surface area (Å²) < 4.78 is 378. The molecule has 10 nitrogen and oxygen atoms in total. The zero-order chi connectivity index (χ0) is 82.5. The lowest BCUT2D eigenvalue weighted by Crippen LogP contribution is -2.64. The second-order valence-electron chi connectivity index (χ2n) is 19.6. The van der Waals surface area contributed by atoms with Crippen LogP contribution in [0.4, 0.5) is 45.5 Å². The van der Waals surface area contributed by atoms with E-state index < -0.39 is 348 Å². The van der Waals surface area contributed by atoms with Crippen LogP contribution in [0.3, 0.4) is 0 Å². The lowest BCUT2D eigenvalue weighted by Gasteiger charge is -2.52. The van der Waals surface area contributed by atoms with Crippen LogP contribution < -0.4 is 69.2 Å². The Bertz CT molecular complexity index is 6410. The van der Waals surface area contributed by atoms with Crippen LogP contribution in [-0.2, 0) is 0 Å². The van der Waals surface area contributed by atoms with E-state index in [-0.39, 0.29) is 71.9 Å². The summed E-state index contributed by atoms with van der Waals surface area (Å²) in [6.45, 7) is 0. The molecular weight excluding hydrogens is 1000 g/mol. The Morgan fingerprint density at radius 2 is 0.617 bits per heavy atom. The summed E-state index contributed by atoms with van der Waals surface area (Å²) in [6, 6.07) is -33.7. The zero-order valence-corrected chi connectivity index (χ0v) is 40.1. The predicted molar refractivity (Wildman–Crippen MR) is 321 cm³/mol. The van der Waals surface area contributed by atoms with E-state index in [1.807, 2.05) is 0 Å². The van der Waals surface area contributed by atoms with E-state index in [0.29, 0.717) is 0 Å². The van der Waals surface area contributed by atoms with Crippen molar-refractivity contribution >= 4 is 95.6 Å². The minimum absolute atomic E-state index is 0.258. The van der Waals surface area contributed by atoms with Gasteiger partial charge in [-0.1, -0.05) is 121 Å². The summed E-state index contributed by atoms with van der Waals surface area (Å²) in [5.41, 5.74) is -12.1. The highest BCUT2D eigenvalue weighted by atomic mass is 16.7. The van der Waals surface area contributed by atoms with E-state index in [9.17, 15) is 37.0 Å². The van der Waals surface area contributed by atoms with Gasteiger partial charge in [0.25, 0.3) is 6.29 Å². The fraction of sp³-hybridized carbons (Fsp3) is 0.0149. The highest BCUT2D eigenvalue weighted by Crippen LogP contribution is 2.67. The maximum atomic E-state index is 11.5. The molecule has 10 aliphatic rings. The summed E-state index contributed by atoms with van der Waals surface area (Å²) in [6.07, 6.45) is -2.31. The van der Waals surface area contributed by atoms with Crippen molar-refractivity contribution in [3.8, 4) is 101 Å². The first-order valence-corrected chi connectivity index (χ1v) is 24.9. The van der Waals surface area contributed by atoms with Gasteiger partial charge in [0.05, 0.1) is 64.7 Å². The van der Waals surface area contributed by atoms with Gasteiger partial charge in [0.2, 0.25) is 0 Å². The minimum atomic E-state index is -2.31. The van der Waals surface area contributed by atoms with Gasteiger partial charge in [0.15, 0.2) is 0 Å². The Hall–Kier alpha value is -10.3. The van der Waals surface area contributed by atoms with Crippen molar-refractivity contribution in [2.75, 3.05) is 19.2 Å². The highest BCUT2D eigenvalue weighted by molar-refractivity contribution is 6.85. The van der Waals surface area contributed by atoms with Crippen LogP contribution in [0.5, 0.6) is 34.5 Å². The molecule has 10 heterocycles. The van der Waals surface area contributed by atoms with E-state index in [2.05, 4.69) is 0 Å². The van der Waals surface area contributed by atoms with Crippen LogP contribution in [0.2, 0.25) is 0 Å². The van der Waals surface area contributed by atoms with Crippen LogP contribution in [-0.4, -0.2) is 28.2 Å². The maximum absolute atomic E-state index is 11.5. The van der Waals surface area contributed by atoms with E-state index in [1.54, 1.807) is 0 Å². The first-order valence-electron chi connectivity index (χ1n) is 42.4. The molecule has 0 fully saturated rings. The fourth-order valence-corrected chi connectivity index (χ4v) is 13.5. The second kappa shape index (κ2) is 14.5. The lowest BCUT2D eigenvalue weighted by atomic mass is 9.49. The summed E-state index contributed by atoms with van der Waals surface area (Å²) in [7, 11) is -8.84. The highest BCUT2D eigenvalue weighted by Gasteiger charge is 2.62. The molecule has 0 aromatic heterocycles. The molecule has 81 heavy (non-hydrogen) atoms. The Kier molecular flexibility index (Phi) is 3.88. The van der Waals surface area contributed by atoms with Crippen molar-refractivity contribution in [1.29, 1.82) is 0 Å². The minimum Gasteiger partial charge on any atom is -0.537 e. The van der Waals surface area contributed by atoms with Crippen molar-refractivity contribution in [3.05, 3.63) is 217 Å². The molecule has 0 saturated carbocycles. The number of benzene rings is 11. The third-order valence-corrected chi connectivity index (χ3v) is 16.2. The molecular formula is C67H36B4N4O6. The average molecular weight is 1070 g/mol. The number of nitrogens with zero attached hydrogens (tertiary/aromatic N) is 4. The molecule has 11 aromatic carbocycles. The normalized spacial score (nSPS) is 21.8. The number of hydrogen-bond donors (Lipinski definition) is 0. The van der Waals surface area contributed by atoms with Gasteiger partial charge >= 0.3 is 28.2 Å². The molecule has 21 rings (SSSR count). The third kappa shape index (κ3) is 4.88.